The quantitative estimate of drug-likeness (QED) is 0.914. The lowest BCUT2D eigenvalue weighted by molar-refractivity contribution is 0.234. The van der Waals surface area contributed by atoms with Crippen LogP contribution in [0.5, 0.6) is 5.88 Å². The zero-order valence-electron chi connectivity index (χ0n) is 12.5. The number of anilines is 2. The highest BCUT2D eigenvalue weighted by Crippen LogP contribution is 2.24. The van der Waals surface area contributed by atoms with Crippen LogP contribution >= 0.6 is 11.6 Å². The van der Waals surface area contributed by atoms with Gasteiger partial charge in [0.15, 0.2) is 0 Å². The number of ether oxygens (including phenoxy) is 1. The molecule has 112 valence electrons. The van der Waals surface area contributed by atoms with Crippen LogP contribution in [0, 0.1) is 0 Å². The van der Waals surface area contributed by atoms with Crippen molar-refractivity contribution in [3.63, 3.8) is 0 Å². The van der Waals surface area contributed by atoms with E-state index in [1.54, 1.807) is 0 Å². The van der Waals surface area contributed by atoms with E-state index in [1.807, 2.05) is 62.2 Å². The summed E-state index contributed by atoms with van der Waals surface area (Å²) in [6.07, 6.45) is 0.0355. The molecule has 1 heterocycles. The van der Waals surface area contributed by atoms with Crippen molar-refractivity contribution in [3.8, 4) is 5.88 Å². The molecule has 0 radical (unpaired) electrons. The Balaban J connectivity index is 2.17. The van der Waals surface area contributed by atoms with Crippen molar-refractivity contribution in [1.82, 2.24) is 4.98 Å². The minimum atomic E-state index is 0.0355. The van der Waals surface area contributed by atoms with E-state index < -0.39 is 0 Å². The van der Waals surface area contributed by atoms with Crippen molar-refractivity contribution in [2.45, 2.75) is 26.5 Å². The van der Waals surface area contributed by atoms with E-state index >= 15 is 0 Å². The molecule has 0 saturated carbocycles. The van der Waals surface area contributed by atoms with Crippen LogP contribution in [0.1, 0.15) is 19.4 Å². The van der Waals surface area contributed by atoms with Crippen molar-refractivity contribution in [1.29, 1.82) is 0 Å². The van der Waals surface area contributed by atoms with Gasteiger partial charge >= 0.3 is 0 Å². The molecule has 0 fully saturated rings. The molecular weight excluding hydrogens is 286 g/mol. The van der Waals surface area contributed by atoms with Gasteiger partial charge in [-0.25, -0.2) is 0 Å². The average molecular weight is 306 g/mol. The van der Waals surface area contributed by atoms with Crippen LogP contribution in [-0.2, 0) is 6.54 Å². The summed E-state index contributed by atoms with van der Waals surface area (Å²) in [6, 6.07) is 11.5. The second-order valence-corrected chi connectivity index (χ2v) is 5.65. The molecule has 0 saturated heterocycles. The molecule has 0 aliphatic heterocycles. The first kappa shape index (κ1) is 15.4. The van der Waals surface area contributed by atoms with Crippen LogP contribution in [0.15, 0.2) is 36.4 Å². The first-order valence-electron chi connectivity index (χ1n) is 6.84. The topological polar surface area (TPSA) is 51.4 Å². The minimum absolute atomic E-state index is 0.0355. The predicted molar refractivity (Wildman–Crippen MR) is 88.0 cm³/mol. The molecule has 0 atom stereocenters. The molecule has 0 aliphatic carbocycles. The lowest BCUT2D eigenvalue weighted by Crippen LogP contribution is -2.18. The summed E-state index contributed by atoms with van der Waals surface area (Å²) in [4.78, 5) is 6.50. The molecule has 5 heteroatoms. The summed E-state index contributed by atoms with van der Waals surface area (Å²) in [5.41, 5.74) is 7.55. The molecule has 1 aromatic carbocycles. The normalized spacial score (nSPS) is 10.7. The van der Waals surface area contributed by atoms with E-state index in [0.717, 1.165) is 16.4 Å². The Labute approximate surface area is 130 Å². The molecule has 21 heavy (non-hydrogen) atoms. The van der Waals surface area contributed by atoms with Gasteiger partial charge in [-0.2, -0.15) is 4.98 Å². The van der Waals surface area contributed by atoms with Crippen molar-refractivity contribution in [2.75, 3.05) is 17.7 Å². The van der Waals surface area contributed by atoms with Gasteiger partial charge < -0.3 is 15.4 Å². The standard InChI is InChI=1S/C16H20ClN3O/c1-11(2)21-16-14(18)7-8-15(19-16)20(3)10-12-5-4-6-13(17)9-12/h4-9,11H,10,18H2,1-3H3. The monoisotopic (exact) mass is 305 g/mol. The number of benzene rings is 1. The van der Waals surface area contributed by atoms with E-state index in [0.29, 0.717) is 18.1 Å². The van der Waals surface area contributed by atoms with Crippen molar-refractivity contribution < 1.29 is 4.74 Å². The van der Waals surface area contributed by atoms with Crippen LogP contribution in [0.4, 0.5) is 11.5 Å². The Bertz CT molecular complexity index is 616. The lowest BCUT2D eigenvalue weighted by Gasteiger charge is -2.20. The third-order valence-corrected chi connectivity index (χ3v) is 3.16. The first-order chi connectivity index (χ1) is 9.95. The van der Waals surface area contributed by atoms with Crippen LogP contribution in [0.2, 0.25) is 5.02 Å². The highest BCUT2D eigenvalue weighted by molar-refractivity contribution is 6.30. The molecule has 0 aliphatic rings. The van der Waals surface area contributed by atoms with Crippen molar-refractivity contribution in [2.24, 2.45) is 0 Å². The fraction of sp³-hybridized carbons (Fsp3) is 0.312. The summed E-state index contributed by atoms with van der Waals surface area (Å²) >= 11 is 6.01. The van der Waals surface area contributed by atoms with Gasteiger partial charge in [0, 0.05) is 18.6 Å². The largest absolute Gasteiger partial charge is 0.473 e. The van der Waals surface area contributed by atoms with Crippen LogP contribution in [-0.4, -0.2) is 18.1 Å². The molecule has 0 spiro atoms. The van der Waals surface area contributed by atoms with Gasteiger partial charge in [0.25, 0.3) is 0 Å². The predicted octanol–water partition coefficient (Wildman–Crippen LogP) is 3.74. The van der Waals surface area contributed by atoms with E-state index in [-0.39, 0.29) is 6.10 Å². The fourth-order valence-corrected chi connectivity index (χ4v) is 2.17. The zero-order chi connectivity index (χ0) is 15.4. The molecule has 0 bridgehead atoms. The average Bonchev–Trinajstić information content (AvgIpc) is 2.40. The number of halogens is 1. The number of aromatic nitrogens is 1. The summed E-state index contributed by atoms with van der Waals surface area (Å²) in [5, 5.41) is 0.731. The number of nitrogens with two attached hydrogens (primary N) is 1. The molecule has 2 rings (SSSR count). The van der Waals surface area contributed by atoms with Crippen LogP contribution in [0.25, 0.3) is 0 Å². The van der Waals surface area contributed by atoms with E-state index in [1.165, 1.54) is 0 Å². The number of hydrogen-bond donors (Lipinski definition) is 1. The molecule has 2 N–H and O–H groups in total. The van der Waals surface area contributed by atoms with Crippen LogP contribution < -0.4 is 15.4 Å². The van der Waals surface area contributed by atoms with E-state index in [9.17, 15) is 0 Å². The summed E-state index contributed by atoms with van der Waals surface area (Å²) in [5.74, 6) is 1.28. The zero-order valence-corrected chi connectivity index (χ0v) is 13.3. The van der Waals surface area contributed by atoms with Gasteiger partial charge in [0.2, 0.25) is 5.88 Å². The van der Waals surface area contributed by atoms with Gasteiger partial charge in [-0.1, -0.05) is 23.7 Å². The third kappa shape index (κ3) is 4.26. The fourth-order valence-electron chi connectivity index (χ4n) is 1.96. The molecule has 0 amide bonds. The Morgan fingerprint density at radius 3 is 2.71 bits per heavy atom. The second-order valence-electron chi connectivity index (χ2n) is 5.22. The Morgan fingerprint density at radius 1 is 1.29 bits per heavy atom. The van der Waals surface area contributed by atoms with Gasteiger partial charge in [0.05, 0.1) is 11.8 Å². The van der Waals surface area contributed by atoms with Crippen molar-refractivity contribution >= 4 is 23.1 Å². The molecule has 4 nitrogen and oxygen atoms in total. The Kier molecular flexibility index (Phi) is 4.91. The van der Waals surface area contributed by atoms with Crippen molar-refractivity contribution in [3.05, 3.63) is 47.0 Å². The summed E-state index contributed by atoms with van der Waals surface area (Å²) < 4.78 is 5.62. The van der Waals surface area contributed by atoms with Crippen LogP contribution in [0.3, 0.4) is 0 Å². The van der Waals surface area contributed by atoms with Gasteiger partial charge in [-0.05, 0) is 43.7 Å². The second kappa shape index (κ2) is 6.68. The first-order valence-corrected chi connectivity index (χ1v) is 7.22. The Hall–Kier alpha value is -1.94. The SMILES string of the molecule is CC(C)Oc1nc(N(C)Cc2cccc(Cl)c2)ccc1N. The Morgan fingerprint density at radius 2 is 2.05 bits per heavy atom. The van der Waals surface area contributed by atoms with Gasteiger partial charge in [-0.15, -0.1) is 0 Å². The highest BCUT2D eigenvalue weighted by Gasteiger charge is 2.10. The summed E-state index contributed by atoms with van der Waals surface area (Å²) in [6.45, 7) is 4.60. The molecule has 2 aromatic rings. The molecular formula is C16H20ClN3O. The van der Waals surface area contributed by atoms with E-state index in [4.69, 9.17) is 22.1 Å². The number of nitrogen functional groups attached to an aromatic ring is 1. The smallest absolute Gasteiger partial charge is 0.239 e. The number of hydrogen-bond acceptors (Lipinski definition) is 4. The van der Waals surface area contributed by atoms with E-state index in [2.05, 4.69) is 4.98 Å². The maximum Gasteiger partial charge on any atom is 0.239 e. The highest BCUT2D eigenvalue weighted by atomic mass is 35.5. The maximum atomic E-state index is 6.01. The lowest BCUT2D eigenvalue weighted by atomic mass is 10.2. The number of rotatable bonds is 5. The maximum absolute atomic E-state index is 6.01. The molecule has 1 aromatic heterocycles. The van der Waals surface area contributed by atoms with Gasteiger partial charge in [-0.3, -0.25) is 0 Å². The minimum Gasteiger partial charge on any atom is -0.473 e. The number of nitrogens with zero attached hydrogens (tertiary/aromatic N) is 2. The molecule has 0 unspecified atom stereocenters. The third-order valence-electron chi connectivity index (χ3n) is 2.92. The number of pyridine rings is 1. The van der Waals surface area contributed by atoms with Gasteiger partial charge in [0.1, 0.15) is 5.82 Å². The summed E-state index contributed by atoms with van der Waals surface area (Å²) in [7, 11) is 1.97.